The third-order valence-corrected chi connectivity index (χ3v) is 10.1. The molecule has 4 heterocycles. The van der Waals surface area contributed by atoms with Crippen molar-refractivity contribution in [2.75, 3.05) is 0 Å². The van der Waals surface area contributed by atoms with E-state index in [9.17, 15) is 0 Å². The molecule has 0 unspecified atom stereocenters. The number of hydrogen-bond donors (Lipinski definition) is 0. The summed E-state index contributed by atoms with van der Waals surface area (Å²) in [6.07, 6.45) is 6.07. The Morgan fingerprint density at radius 1 is 0.617 bits per heavy atom. The predicted octanol–water partition coefficient (Wildman–Crippen LogP) is 10.3. The average molecular weight is 624 g/mol. The second kappa shape index (κ2) is 10.3. The number of fused-ring (bicyclic) bond motifs is 7. The third kappa shape index (κ3) is 4.17. The standard InChI is InChI=1S/C40H25N5OS/c1-2-11-24(12-3-1)37-42-38(44-40(43-37)45-31-17-7-4-13-26(31)27-14-5-8-18-32(27)45)28-15-10-20-35-36(28)29-23-25(21-22-34(29)47-35)39-41-30-16-6-9-19-33(30)46-39/h1-8,10-18,20-23H,9,19H2. The van der Waals surface area contributed by atoms with Gasteiger partial charge in [-0.25, -0.2) is 9.97 Å². The van der Waals surface area contributed by atoms with Crippen LogP contribution >= 0.6 is 11.3 Å². The maximum absolute atomic E-state index is 6.24. The van der Waals surface area contributed by atoms with E-state index in [1.54, 1.807) is 11.3 Å². The number of allylic oxidation sites excluding steroid dienone is 1. The van der Waals surface area contributed by atoms with Crippen LogP contribution in [0.3, 0.4) is 0 Å². The zero-order valence-electron chi connectivity index (χ0n) is 25.1. The predicted molar refractivity (Wildman–Crippen MR) is 191 cm³/mol. The zero-order valence-corrected chi connectivity index (χ0v) is 25.9. The minimum absolute atomic E-state index is 0.585. The monoisotopic (exact) mass is 623 g/mol. The van der Waals surface area contributed by atoms with Crippen molar-refractivity contribution in [3.05, 3.63) is 133 Å². The fraction of sp³-hybridized carbons (Fsp3) is 0.0500. The highest BCUT2D eigenvalue weighted by Gasteiger charge is 2.21. The smallest absolute Gasteiger partial charge is 0.238 e. The summed E-state index contributed by atoms with van der Waals surface area (Å²) in [6.45, 7) is 0. The van der Waals surface area contributed by atoms with Gasteiger partial charge in [-0.1, -0.05) is 84.9 Å². The molecule has 0 bridgehead atoms. The Bertz CT molecular complexity index is 2650. The van der Waals surface area contributed by atoms with Crippen molar-refractivity contribution in [2.24, 2.45) is 0 Å². The van der Waals surface area contributed by atoms with Gasteiger partial charge in [0.15, 0.2) is 11.6 Å². The third-order valence-electron chi connectivity index (χ3n) is 8.96. The molecule has 6 nitrogen and oxygen atoms in total. The molecular formula is C40H25N5OS. The molecule has 0 aliphatic heterocycles. The summed E-state index contributed by atoms with van der Waals surface area (Å²) in [6, 6.07) is 39.9. The first-order chi connectivity index (χ1) is 23.3. The molecule has 0 fully saturated rings. The molecule has 0 atom stereocenters. The molecule has 4 aromatic heterocycles. The molecule has 5 aromatic carbocycles. The first-order valence-electron chi connectivity index (χ1n) is 15.7. The van der Waals surface area contributed by atoms with Crippen LogP contribution < -0.4 is 0 Å². The van der Waals surface area contributed by atoms with E-state index < -0.39 is 0 Å². The van der Waals surface area contributed by atoms with E-state index in [1.165, 1.54) is 9.40 Å². The van der Waals surface area contributed by atoms with Crippen LogP contribution in [0.5, 0.6) is 0 Å². The molecule has 0 spiro atoms. The summed E-state index contributed by atoms with van der Waals surface area (Å²) < 4.78 is 10.8. The fourth-order valence-corrected chi connectivity index (χ4v) is 7.90. The number of thiophene rings is 1. The first-order valence-corrected chi connectivity index (χ1v) is 16.5. The van der Waals surface area contributed by atoms with Crippen LogP contribution in [-0.2, 0) is 6.42 Å². The average Bonchev–Trinajstić information content (AvgIpc) is 3.83. The quantitative estimate of drug-likeness (QED) is 0.195. The highest BCUT2D eigenvalue weighted by molar-refractivity contribution is 7.26. The van der Waals surface area contributed by atoms with Gasteiger partial charge < -0.3 is 4.42 Å². The van der Waals surface area contributed by atoms with Crippen molar-refractivity contribution < 1.29 is 4.42 Å². The Labute approximate surface area is 273 Å². The molecule has 0 amide bonds. The SMILES string of the molecule is C1=Cc2nc(-c3ccc4sc5cccc(-c6nc(-c7ccccc7)nc(-n7c8ccccc8c8ccccc87)n6)c5c4c3)oc2CC1. The molecule has 0 saturated carbocycles. The van der Waals surface area contributed by atoms with Gasteiger partial charge in [0.25, 0.3) is 0 Å². The van der Waals surface area contributed by atoms with Crippen LogP contribution in [0, 0.1) is 0 Å². The topological polar surface area (TPSA) is 69.6 Å². The Balaban J connectivity index is 1.23. The van der Waals surface area contributed by atoms with Gasteiger partial charge >= 0.3 is 0 Å². The molecule has 10 rings (SSSR count). The first kappa shape index (κ1) is 26.3. The van der Waals surface area contributed by atoms with Crippen molar-refractivity contribution in [3.63, 3.8) is 0 Å². The van der Waals surface area contributed by atoms with E-state index in [0.717, 1.165) is 73.6 Å². The minimum Gasteiger partial charge on any atom is -0.441 e. The van der Waals surface area contributed by atoms with Gasteiger partial charge in [-0.3, -0.25) is 4.57 Å². The van der Waals surface area contributed by atoms with Crippen LogP contribution in [0.25, 0.3) is 88.2 Å². The van der Waals surface area contributed by atoms with Crippen LogP contribution in [0.1, 0.15) is 17.9 Å². The van der Waals surface area contributed by atoms with Crippen LogP contribution in [0.2, 0.25) is 0 Å². The number of aryl methyl sites for hydroxylation is 1. The van der Waals surface area contributed by atoms with E-state index in [4.69, 9.17) is 24.4 Å². The van der Waals surface area contributed by atoms with Gasteiger partial charge in [0.05, 0.1) is 11.0 Å². The number of rotatable bonds is 4. The molecule has 0 radical (unpaired) electrons. The summed E-state index contributed by atoms with van der Waals surface area (Å²) >= 11 is 1.77. The molecule has 7 heteroatoms. The van der Waals surface area contributed by atoms with E-state index in [1.807, 2.05) is 30.3 Å². The molecule has 222 valence electrons. The highest BCUT2D eigenvalue weighted by atomic mass is 32.1. The second-order valence-corrected chi connectivity index (χ2v) is 12.9. The van der Waals surface area contributed by atoms with Gasteiger partial charge in [0.1, 0.15) is 11.5 Å². The lowest BCUT2D eigenvalue weighted by atomic mass is 10.0. The fourth-order valence-electron chi connectivity index (χ4n) is 6.79. The number of nitrogens with zero attached hydrogens (tertiary/aromatic N) is 5. The molecular weight excluding hydrogens is 599 g/mol. The van der Waals surface area contributed by atoms with Crippen molar-refractivity contribution in [2.45, 2.75) is 12.8 Å². The van der Waals surface area contributed by atoms with E-state index in [2.05, 4.69) is 102 Å². The van der Waals surface area contributed by atoms with Crippen molar-refractivity contribution in [1.82, 2.24) is 24.5 Å². The van der Waals surface area contributed by atoms with Gasteiger partial charge in [-0.05, 0) is 48.9 Å². The summed E-state index contributed by atoms with van der Waals surface area (Å²) in [5.41, 5.74) is 5.89. The lowest BCUT2D eigenvalue weighted by molar-refractivity contribution is 0.516. The van der Waals surface area contributed by atoms with Crippen molar-refractivity contribution in [1.29, 1.82) is 0 Å². The molecule has 1 aliphatic rings. The molecule has 47 heavy (non-hydrogen) atoms. The summed E-state index contributed by atoms with van der Waals surface area (Å²) in [7, 11) is 0. The van der Waals surface area contributed by atoms with Gasteiger partial charge in [0, 0.05) is 54.1 Å². The minimum atomic E-state index is 0.585. The molecule has 0 N–H and O–H groups in total. The van der Waals surface area contributed by atoms with Crippen LogP contribution in [-0.4, -0.2) is 24.5 Å². The second-order valence-electron chi connectivity index (χ2n) is 11.8. The summed E-state index contributed by atoms with van der Waals surface area (Å²) in [5.74, 6) is 3.45. The highest BCUT2D eigenvalue weighted by Crippen LogP contribution is 2.42. The zero-order chi connectivity index (χ0) is 30.9. The number of hydrogen-bond acceptors (Lipinski definition) is 6. The largest absolute Gasteiger partial charge is 0.441 e. The maximum atomic E-state index is 6.24. The summed E-state index contributed by atoms with van der Waals surface area (Å²) in [5, 5.41) is 4.57. The van der Waals surface area contributed by atoms with E-state index in [0.29, 0.717) is 23.5 Å². The normalized spacial score (nSPS) is 12.9. The van der Waals surface area contributed by atoms with Crippen LogP contribution in [0.15, 0.2) is 126 Å². The van der Waals surface area contributed by atoms with E-state index in [-0.39, 0.29) is 0 Å². The molecule has 9 aromatic rings. The Morgan fingerprint density at radius 2 is 1.38 bits per heavy atom. The molecule has 1 aliphatic carbocycles. The van der Waals surface area contributed by atoms with Crippen molar-refractivity contribution >= 4 is 59.4 Å². The Kier molecular flexibility index (Phi) is 5.77. The number of aromatic nitrogens is 5. The summed E-state index contributed by atoms with van der Waals surface area (Å²) in [4.78, 5) is 20.3. The number of benzene rings is 5. The number of oxazole rings is 1. The van der Waals surface area contributed by atoms with Crippen LogP contribution in [0.4, 0.5) is 0 Å². The van der Waals surface area contributed by atoms with Crippen molar-refractivity contribution in [3.8, 4) is 40.2 Å². The Hall–Kier alpha value is -5.92. The lowest BCUT2D eigenvalue weighted by Gasteiger charge is -2.11. The maximum Gasteiger partial charge on any atom is 0.238 e. The van der Waals surface area contributed by atoms with Gasteiger partial charge in [-0.15, -0.1) is 11.3 Å². The van der Waals surface area contributed by atoms with E-state index >= 15 is 0 Å². The Morgan fingerprint density at radius 3 is 2.19 bits per heavy atom. The lowest BCUT2D eigenvalue weighted by Crippen LogP contribution is -2.06. The van der Waals surface area contributed by atoms with Gasteiger partial charge in [0.2, 0.25) is 11.8 Å². The number of para-hydroxylation sites is 2. The van der Waals surface area contributed by atoms with Gasteiger partial charge in [-0.2, -0.15) is 9.97 Å². The molecule has 0 saturated heterocycles.